The zero-order valence-electron chi connectivity index (χ0n) is 19.0. The molecular weight excluding hydrogens is 394 g/mol. The van der Waals surface area contributed by atoms with E-state index in [4.69, 9.17) is 4.98 Å². The van der Waals surface area contributed by atoms with Crippen LogP contribution in [0.3, 0.4) is 0 Å². The quantitative estimate of drug-likeness (QED) is 0.395. The maximum Gasteiger partial charge on any atom is 0.335 e. The summed E-state index contributed by atoms with van der Waals surface area (Å²) in [6.45, 7) is 2.16. The van der Waals surface area contributed by atoms with Crippen LogP contribution in [0, 0.1) is 5.92 Å². The van der Waals surface area contributed by atoms with Crippen LogP contribution in [0.4, 0.5) is 0 Å². The molecule has 0 amide bonds. The summed E-state index contributed by atoms with van der Waals surface area (Å²) >= 11 is 0. The van der Waals surface area contributed by atoms with Crippen molar-refractivity contribution in [2.75, 3.05) is 0 Å². The molecular formula is C29H33NO2. The van der Waals surface area contributed by atoms with Gasteiger partial charge in [0.05, 0.1) is 11.3 Å². The predicted octanol–water partition coefficient (Wildman–Crippen LogP) is 7.58. The van der Waals surface area contributed by atoms with Gasteiger partial charge < -0.3 is 5.11 Å². The third kappa shape index (κ3) is 5.45. The Hall–Kier alpha value is -2.94. The standard InChI is InChI=1S/C29H33NO2/c1-2-21-11-13-25(14-12-21)28-27(24-15-17-26(18-16-24)29(31)32)19-23(20-30-28)10-9-22-7-5-3-4-6-8-22/h11-20,22H,2-10H2,1H3,(H,31,32). The fourth-order valence-electron chi connectivity index (χ4n) is 4.81. The van der Waals surface area contributed by atoms with E-state index < -0.39 is 5.97 Å². The van der Waals surface area contributed by atoms with Crippen LogP contribution in [0.25, 0.3) is 22.4 Å². The summed E-state index contributed by atoms with van der Waals surface area (Å²) in [5, 5.41) is 9.27. The second kappa shape index (κ2) is 10.6. The third-order valence-electron chi connectivity index (χ3n) is 6.84. The van der Waals surface area contributed by atoms with Gasteiger partial charge in [-0.2, -0.15) is 0 Å². The first-order chi connectivity index (χ1) is 15.6. The molecule has 3 nitrogen and oxygen atoms in total. The summed E-state index contributed by atoms with van der Waals surface area (Å²) in [7, 11) is 0. The fraction of sp³-hybridized carbons (Fsp3) is 0.379. The van der Waals surface area contributed by atoms with Crippen LogP contribution in [-0.2, 0) is 12.8 Å². The van der Waals surface area contributed by atoms with Gasteiger partial charge in [0.15, 0.2) is 0 Å². The average molecular weight is 428 g/mol. The summed E-state index contributed by atoms with van der Waals surface area (Å²) in [6.07, 6.45) is 13.6. The Bertz CT molecular complexity index is 1030. The molecule has 166 valence electrons. The van der Waals surface area contributed by atoms with Gasteiger partial charge in [0.1, 0.15) is 0 Å². The minimum absolute atomic E-state index is 0.306. The Morgan fingerprint density at radius 2 is 1.56 bits per heavy atom. The minimum atomic E-state index is -0.901. The minimum Gasteiger partial charge on any atom is -0.478 e. The van der Waals surface area contributed by atoms with Gasteiger partial charge in [-0.05, 0) is 60.1 Å². The maximum atomic E-state index is 11.3. The van der Waals surface area contributed by atoms with Crippen molar-refractivity contribution in [1.29, 1.82) is 0 Å². The Balaban J connectivity index is 1.65. The van der Waals surface area contributed by atoms with Crippen molar-refractivity contribution in [1.82, 2.24) is 4.98 Å². The largest absolute Gasteiger partial charge is 0.478 e. The number of hydrogen-bond donors (Lipinski definition) is 1. The van der Waals surface area contributed by atoms with Gasteiger partial charge in [-0.1, -0.05) is 81.8 Å². The number of aromatic nitrogens is 1. The highest BCUT2D eigenvalue weighted by Gasteiger charge is 2.15. The van der Waals surface area contributed by atoms with E-state index in [9.17, 15) is 9.90 Å². The normalized spacial score (nSPS) is 14.8. The lowest BCUT2D eigenvalue weighted by Crippen LogP contribution is -2.02. The highest BCUT2D eigenvalue weighted by atomic mass is 16.4. The second-order valence-electron chi connectivity index (χ2n) is 9.07. The van der Waals surface area contributed by atoms with E-state index in [1.54, 1.807) is 12.1 Å². The topological polar surface area (TPSA) is 50.2 Å². The van der Waals surface area contributed by atoms with E-state index >= 15 is 0 Å². The highest BCUT2D eigenvalue weighted by Crippen LogP contribution is 2.33. The van der Waals surface area contributed by atoms with Crippen molar-refractivity contribution in [3.63, 3.8) is 0 Å². The molecule has 0 bridgehead atoms. The highest BCUT2D eigenvalue weighted by molar-refractivity contribution is 5.89. The number of hydrogen-bond acceptors (Lipinski definition) is 2. The van der Waals surface area contributed by atoms with E-state index in [0.717, 1.165) is 41.1 Å². The van der Waals surface area contributed by atoms with Gasteiger partial charge >= 0.3 is 5.97 Å². The molecule has 1 fully saturated rings. The average Bonchev–Trinajstić information content (AvgIpc) is 3.12. The van der Waals surface area contributed by atoms with Crippen LogP contribution in [0.2, 0.25) is 0 Å². The van der Waals surface area contributed by atoms with E-state index in [1.165, 1.54) is 56.1 Å². The Morgan fingerprint density at radius 3 is 2.19 bits per heavy atom. The first-order valence-electron chi connectivity index (χ1n) is 12.1. The smallest absolute Gasteiger partial charge is 0.335 e. The van der Waals surface area contributed by atoms with Crippen LogP contribution in [0.15, 0.2) is 60.8 Å². The molecule has 0 radical (unpaired) electrons. The van der Waals surface area contributed by atoms with Crippen molar-refractivity contribution < 1.29 is 9.90 Å². The Kier molecular flexibility index (Phi) is 7.36. The first-order valence-corrected chi connectivity index (χ1v) is 12.1. The van der Waals surface area contributed by atoms with Gasteiger partial charge in [0, 0.05) is 17.3 Å². The van der Waals surface area contributed by atoms with E-state index in [0.29, 0.717) is 5.56 Å². The zero-order valence-corrected chi connectivity index (χ0v) is 19.0. The van der Waals surface area contributed by atoms with Crippen LogP contribution in [-0.4, -0.2) is 16.1 Å². The van der Waals surface area contributed by atoms with E-state index in [1.807, 2.05) is 18.3 Å². The van der Waals surface area contributed by atoms with Crippen molar-refractivity contribution in [3.05, 3.63) is 77.5 Å². The molecule has 1 N–H and O–H groups in total. The van der Waals surface area contributed by atoms with Gasteiger partial charge in [0.2, 0.25) is 0 Å². The molecule has 0 aliphatic heterocycles. The Labute approximate surface area is 191 Å². The number of aromatic carboxylic acids is 1. The molecule has 0 unspecified atom stereocenters. The number of pyridine rings is 1. The molecule has 0 saturated heterocycles. The summed E-state index contributed by atoms with van der Waals surface area (Å²) in [6, 6.07) is 18.0. The summed E-state index contributed by atoms with van der Waals surface area (Å²) < 4.78 is 0. The van der Waals surface area contributed by atoms with Gasteiger partial charge in [-0.25, -0.2) is 4.79 Å². The summed E-state index contributed by atoms with van der Waals surface area (Å²) in [5.74, 6) is -0.0701. The Morgan fingerprint density at radius 1 is 0.906 bits per heavy atom. The number of benzene rings is 2. The number of rotatable bonds is 7. The predicted molar refractivity (Wildman–Crippen MR) is 131 cm³/mol. The van der Waals surface area contributed by atoms with Crippen LogP contribution < -0.4 is 0 Å². The number of carbonyl (C=O) groups is 1. The van der Waals surface area contributed by atoms with Crippen molar-refractivity contribution in [2.24, 2.45) is 5.92 Å². The lowest BCUT2D eigenvalue weighted by Gasteiger charge is -2.16. The molecule has 4 rings (SSSR count). The monoisotopic (exact) mass is 427 g/mol. The van der Waals surface area contributed by atoms with Crippen LogP contribution in [0.1, 0.15) is 73.4 Å². The number of carboxylic acid groups (broad SMARTS) is 1. The zero-order chi connectivity index (χ0) is 22.3. The molecule has 3 aromatic rings. The summed E-state index contributed by atoms with van der Waals surface area (Å²) in [5.41, 5.74) is 7.00. The molecule has 1 aromatic heterocycles. The molecule has 0 atom stereocenters. The van der Waals surface area contributed by atoms with Gasteiger partial charge in [-0.15, -0.1) is 0 Å². The SMILES string of the molecule is CCc1ccc(-c2ncc(CCC3CCCCCC3)cc2-c2ccc(C(=O)O)cc2)cc1. The molecule has 3 heteroatoms. The molecule has 1 aliphatic rings. The van der Waals surface area contributed by atoms with E-state index in [-0.39, 0.29) is 0 Å². The van der Waals surface area contributed by atoms with Crippen LogP contribution >= 0.6 is 0 Å². The van der Waals surface area contributed by atoms with E-state index in [2.05, 4.69) is 37.3 Å². The van der Waals surface area contributed by atoms with Gasteiger partial charge in [-0.3, -0.25) is 4.98 Å². The third-order valence-corrected chi connectivity index (χ3v) is 6.84. The number of aryl methyl sites for hydroxylation is 2. The first kappa shape index (κ1) is 22.3. The molecule has 1 aliphatic carbocycles. The summed E-state index contributed by atoms with van der Waals surface area (Å²) in [4.78, 5) is 16.2. The van der Waals surface area contributed by atoms with Crippen molar-refractivity contribution >= 4 is 5.97 Å². The van der Waals surface area contributed by atoms with Crippen molar-refractivity contribution in [3.8, 4) is 22.4 Å². The van der Waals surface area contributed by atoms with Gasteiger partial charge in [0.25, 0.3) is 0 Å². The number of carboxylic acids is 1. The second-order valence-corrected chi connectivity index (χ2v) is 9.07. The fourth-order valence-corrected chi connectivity index (χ4v) is 4.81. The lowest BCUT2D eigenvalue weighted by molar-refractivity contribution is 0.0697. The lowest BCUT2D eigenvalue weighted by atomic mass is 9.91. The molecule has 0 spiro atoms. The van der Waals surface area contributed by atoms with Crippen LogP contribution in [0.5, 0.6) is 0 Å². The molecule has 1 saturated carbocycles. The van der Waals surface area contributed by atoms with Crippen molar-refractivity contribution in [2.45, 2.75) is 64.7 Å². The molecule has 2 aromatic carbocycles. The molecule has 1 heterocycles. The molecule has 32 heavy (non-hydrogen) atoms. The number of nitrogens with zero attached hydrogens (tertiary/aromatic N) is 1. The maximum absolute atomic E-state index is 11.3.